The summed E-state index contributed by atoms with van der Waals surface area (Å²) in [6.07, 6.45) is 1.54. The Morgan fingerprint density at radius 1 is 1.32 bits per heavy atom. The van der Waals surface area contributed by atoms with Gasteiger partial charge in [0.1, 0.15) is 4.83 Å². The van der Waals surface area contributed by atoms with Crippen LogP contribution in [0.15, 0.2) is 35.4 Å². The lowest BCUT2D eigenvalue weighted by Crippen LogP contribution is -2.19. The molecule has 0 aliphatic carbocycles. The van der Waals surface area contributed by atoms with Gasteiger partial charge in [-0.25, -0.2) is 4.98 Å². The van der Waals surface area contributed by atoms with Crippen LogP contribution < -0.4 is 10.9 Å². The van der Waals surface area contributed by atoms with Crippen molar-refractivity contribution in [2.45, 2.75) is 40.2 Å². The molecule has 25 heavy (non-hydrogen) atoms. The summed E-state index contributed by atoms with van der Waals surface area (Å²) in [5.41, 5.74) is 2.49. The number of anilines is 1. The average Bonchev–Trinajstić information content (AvgIpc) is 2.93. The minimum atomic E-state index is -0.198. The highest BCUT2D eigenvalue weighted by molar-refractivity contribution is 7.20. The van der Waals surface area contributed by atoms with E-state index in [9.17, 15) is 9.59 Å². The second kappa shape index (κ2) is 6.80. The normalized spacial score (nSPS) is 11.2. The number of fused-ring (bicyclic) bond motifs is 1. The van der Waals surface area contributed by atoms with Crippen molar-refractivity contribution in [2.24, 2.45) is 0 Å². The molecule has 0 radical (unpaired) electrons. The molecule has 0 fully saturated rings. The maximum atomic E-state index is 12.8. The van der Waals surface area contributed by atoms with Crippen molar-refractivity contribution < 1.29 is 4.79 Å². The van der Waals surface area contributed by atoms with E-state index >= 15 is 0 Å². The Kier molecular flexibility index (Phi) is 4.72. The zero-order chi connectivity index (χ0) is 18.1. The molecule has 0 aliphatic rings. The fourth-order valence-electron chi connectivity index (χ4n) is 2.89. The molecule has 1 N–H and O–H groups in total. The molecule has 0 saturated heterocycles. The van der Waals surface area contributed by atoms with Gasteiger partial charge in [-0.1, -0.05) is 32.0 Å². The van der Waals surface area contributed by atoms with Crippen LogP contribution in [0.1, 0.15) is 47.5 Å². The van der Waals surface area contributed by atoms with E-state index in [1.54, 1.807) is 4.57 Å². The summed E-state index contributed by atoms with van der Waals surface area (Å²) in [4.78, 5) is 30.8. The molecule has 5 nitrogen and oxygen atoms in total. The molecule has 1 aromatic carbocycles. The second-order valence-electron chi connectivity index (χ2n) is 6.27. The van der Waals surface area contributed by atoms with Crippen LogP contribution in [-0.2, 0) is 6.54 Å². The van der Waals surface area contributed by atoms with E-state index in [1.165, 1.54) is 17.7 Å². The summed E-state index contributed by atoms with van der Waals surface area (Å²) in [5.74, 6) is 0.106. The van der Waals surface area contributed by atoms with Crippen LogP contribution in [0, 0.1) is 6.92 Å². The summed E-state index contributed by atoms with van der Waals surface area (Å²) in [5, 5.41) is 3.53. The van der Waals surface area contributed by atoms with Crippen LogP contribution in [0.5, 0.6) is 0 Å². The Morgan fingerprint density at radius 2 is 2.04 bits per heavy atom. The summed E-state index contributed by atoms with van der Waals surface area (Å²) < 4.78 is 1.55. The minimum Gasteiger partial charge on any atom is -0.321 e. The first kappa shape index (κ1) is 17.4. The molecule has 2 heterocycles. The van der Waals surface area contributed by atoms with Gasteiger partial charge >= 0.3 is 0 Å². The molecule has 130 valence electrons. The molecule has 0 saturated carbocycles. The minimum absolute atomic E-state index is 0.0946. The van der Waals surface area contributed by atoms with E-state index < -0.39 is 0 Å². The second-order valence-corrected chi connectivity index (χ2v) is 7.27. The standard InChI is InChI=1S/C19H21N3O2S/c1-5-22-10-20-18-15(19(22)24)12(4)16(25-18)17(23)21-14-9-7-6-8-13(14)11(2)3/h6-11H,5H2,1-4H3,(H,21,23). The van der Waals surface area contributed by atoms with Crippen molar-refractivity contribution in [3.05, 3.63) is 57.0 Å². The van der Waals surface area contributed by atoms with Gasteiger partial charge in [0.25, 0.3) is 11.5 Å². The van der Waals surface area contributed by atoms with Gasteiger partial charge in [0.05, 0.1) is 16.6 Å². The highest BCUT2D eigenvalue weighted by Crippen LogP contribution is 2.29. The SMILES string of the molecule is CCn1cnc2sc(C(=O)Nc3ccccc3C(C)C)c(C)c2c1=O. The molecule has 0 unspecified atom stereocenters. The number of amides is 1. The van der Waals surface area contributed by atoms with Gasteiger partial charge in [-0.05, 0) is 37.0 Å². The molecule has 0 spiro atoms. The van der Waals surface area contributed by atoms with E-state index in [2.05, 4.69) is 24.1 Å². The van der Waals surface area contributed by atoms with E-state index in [4.69, 9.17) is 0 Å². The fourth-order valence-corrected chi connectivity index (χ4v) is 3.93. The van der Waals surface area contributed by atoms with Gasteiger partial charge < -0.3 is 5.32 Å². The number of para-hydroxylation sites is 1. The molecule has 1 amide bonds. The van der Waals surface area contributed by atoms with Gasteiger partial charge in [-0.2, -0.15) is 0 Å². The van der Waals surface area contributed by atoms with Crippen molar-refractivity contribution >= 4 is 33.1 Å². The van der Waals surface area contributed by atoms with Gasteiger partial charge in [0, 0.05) is 12.2 Å². The number of rotatable bonds is 4. The van der Waals surface area contributed by atoms with Crippen LogP contribution in [0.25, 0.3) is 10.2 Å². The number of carbonyl (C=O) groups excluding carboxylic acids is 1. The first-order valence-electron chi connectivity index (χ1n) is 8.32. The summed E-state index contributed by atoms with van der Waals surface area (Å²) >= 11 is 1.26. The Morgan fingerprint density at radius 3 is 2.72 bits per heavy atom. The van der Waals surface area contributed by atoms with Crippen LogP contribution in [0.3, 0.4) is 0 Å². The number of nitrogens with one attached hydrogen (secondary N) is 1. The summed E-state index contributed by atoms with van der Waals surface area (Å²) in [7, 11) is 0. The molecule has 3 aromatic rings. The molecule has 6 heteroatoms. The number of hydrogen-bond donors (Lipinski definition) is 1. The number of aromatic nitrogens is 2. The van der Waals surface area contributed by atoms with Gasteiger partial charge in [-0.3, -0.25) is 14.2 Å². The maximum Gasteiger partial charge on any atom is 0.266 e. The molecular weight excluding hydrogens is 334 g/mol. The lowest BCUT2D eigenvalue weighted by molar-refractivity contribution is 0.103. The number of hydrogen-bond acceptors (Lipinski definition) is 4. The first-order chi connectivity index (χ1) is 11.9. The predicted molar refractivity (Wildman–Crippen MR) is 103 cm³/mol. The number of carbonyl (C=O) groups is 1. The van der Waals surface area contributed by atoms with Gasteiger partial charge in [0.2, 0.25) is 0 Å². The average molecular weight is 355 g/mol. The Labute approximate surface area is 150 Å². The van der Waals surface area contributed by atoms with Crippen LogP contribution in [0.2, 0.25) is 0 Å². The van der Waals surface area contributed by atoms with Crippen molar-refractivity contribution in [1.82, 2.24) is 9.55 Å². The fraction of sp³-hybridized carbons (Fsp3) is 0.316. The Balaban J connectivity index is 2.03. The number of benzene rings is 1. The molecular formula is C19H21N3O2S. The Bertz CT molecular complexity index is 1000. The third-order valence-electron chi connectivity index (χ3n) is 4.30. The largest absolute Gasteiger partial charge is 0.321 e. The first-order valence-corrected chi connectivity index (χ1v) is 9.14. The number of aryl methyl sites for hydroxylation is 2. The van der Waals surface area contributed by atoms with Gasteiger partial charge in [0.15, 0.2) is 0 Å². The quantitative estimate of drug-likeness (QED) is 0.764. The monoisotopic (exact) mass is 355 g/mol. The zero-order valence-corrected chi connectivity index (χ0v) is 15.6. The van der Waals surface area contributed by atoms with E-state index in [0.717, 1.165) is 11.3 Å². The highest BCUT2D eigenvalue weighted by atomic mass is 32.1. The van der Waals surface area contributed by atoms with Gasteiger partial charge in [-0.15, -0.1) is 11.3 Å². The van der Waals surface area contributed by atoms with Crippen LogP contribution >= 0.6 is 11.3 Å². The van der Waals surface area contributed by atoms with E-state index in [-0.39, 0.29) is 11.5 Å². The van der Waals surface area contributed by atoms with E-state index in [0.29, 0.717) is 33.1 Å². The lowest BCUT2D eigenvalue weighted by atomic mass is 10.0. The highest BCUT2D eigenvalue weighted by Gasteiger charge is 2.20. The molecule has 3 rings (SSSR count). The number of nitrogens with zero attached hydrogens (tertiary/aromatic N) is 2. The third-order valence-corrected chi connectivity index (χ3v) is 5.49. The predicted octanol–water partition coefficient (Wildman–Crippen LogP) is 4.16. The summed E-state index contributed by atoms with van der Waals surface area (Å²) in [6, 6.07) is 7.78. The third kappa shape index (κ3) is 3.09. The molecule has 0 aliphatic heterocycles. The molecule has 0 bridgehead atoms. The van der Waals surface area contributed by atoms with Crippen molar-refractivity contribution in [3.63, 3.8) is 0 Å². The maximum absolute atomic E-state index is 12.8. The molecule has 0 atom stereocenters. The smallest absolute Gasteiger partial charge is 0.266 e. The van der Waals surface area contributed by atoms with Crippen molar-refractivity contribution in [1.29, 1.82) is 0 Å². The Hall–Kier alpha value is -2.47. The van der Waals surface area contributed by atoms with Crippen LogP contribution in [-0.4, -0.2) is 15.5 Å². The topological polar surface area (TPSA) is 64.0 Å². The van der Waals surface area contributed by atoms with Crippen molar-refractivity contribution in [3.8, 4) is 0 Å². The van der Waals surface area contributed by atoms with Crippen molar-refractivity contribution in [2.75, 3.05) is 5.32 Å². The van der Waals surface area contributed by atoms with Crippen LogP contribution in [0.4, 0.5) is 5.69 Å². The summed E-state index contributed by atoms with van der Waals surface area (Å²) in [6.45, 7) is 8.44. The number of thiophene rings is 1. The molecule has 2 aromatic heterocycles. The lowest BCUT2D eigenvalue weighted by Gasteiger charge is -2.13. The van der Waals surface area contributed by atoms with E-state index in [1.807, 2.05) is 38.1 Å². The zero-order valence-electron chi connectivity index (χ0n) is 14.8.